The molecule has 0 aromatic heterocycles. The Labute approximate surface area is 190 Å². The van der Waals surface area contributed by atoms with E-state index in [0.29, 0.717) is 36.0 Å². The number of aldehydes is 1. The van der Waals surface area contributed by atoms with Crippen LogP contribution < -0.4 is 0 Å². The van der Waals surface area contributed by atoms with Gasteiger partial charge in [-0.15, -0.1) is 0 Å². The predicted molar refractivity (Wildman–Crippen MR) is 125 cm³/mol. The Balaban J connectivity index is 1.59. The van der Waals surface area contributed by atoms with Crippen LogP contribution in [-0.2, 0) is 4.79 Å². The molecule has 4 saturated carbocycles. The smallest absolute Gasteiger partial charge is 0.126 e. The molecular formula is C28H46O3. The van der Waals surface area contributed by atoms with Gasteiger partial charge in [0.1, 0.15) is 6.29 Å². The van der Waals surface area contributed by atoms with E-state index >= 15 is 0 Å². The second kappa shape index (κ2) is 7.97. The van der Waals surface area contributed by atoms with E-state index in [9.17, 15) is 15.0 Å². The lowest BCUT2D eigenvalue weighted by Crippen LogP contribution is -2.54. The minimum atomic E-state index is -1.04. The Morgan fingerprint density at radius 1 is 1.10 bits per heavy atom. The first kappa shape index (κ1) is 23.5. The molecule has 0 aromatic carbocycles. The largest absolute Gasteiger partial charge is 0.393 e. The summed E-state index contributed by atoms with van der Waals surface area (Å²) < 4.78 is 0. The van der Waals surface area contributed by atoms with E-state index in [1.54, 1.807) is 0 Å². The molecule has 0 spiro atoms. The summed E-state index contributed by atoms with van der Waals surface area (Å²) in [6.45, 7) is 15.9. The highest BCUT2D eigenvalue weighted by atomic mass is 16.3. The van der Waals surface area contributed by atoms with Crippen molar-refractivity contribution >= 4 is 6.29 Å². The molecular weight excluding hydrogens is 384 g/mol. The van der Waals surface area contributed by atoms with Crippen LogP contribution in [0.2, 0.25) is 0 Å². The number of rotatable bonds is 6. The summed E-state index contributed by atoms with van der Waals surface area (Å²) in [7, 11) is 0. The van der Waals surface area contributed by atoms with Crippen LogP contribution in [0.15, 0.2) is 12.2 Å². The molecule has 10 atom stereocenters. The molecule has 4 aliphatic carbocycles. The van der Waals surface area contributed by atoms with Gasteiger partial charge in [-0.3, -0.25) is 0 Å². The molecule has 0 saturated heterocycles. The molecule has 0 amide bonds. The van der Waals surface area contributed by atoms with Crippen molar-refractivity contribution in [2.75, 3.05) is 0 Å². The van der Waals surface area contributed by atoms with Gasteiger partial charge in [0.25, 0.3) is 0 Å². The Morgan fingerprint density at radius 3 is 2.45 bits per heavy atom. The Bertz CT molecular complexity index is 715. The van der Waals surface area contributed by atoms with E-state index in [1.807, 2.05) is 0 Å². The maximum absolute atomic E-state index is 12.5. The van der Waals surface area contributed by atoms with E-state index in [4.69, 9.17) is 0 Å². The second-order valence-corrected chi connectivity index (χ2v) is 12.7. The van der Waals surface area contributed by atoms with E-state index in [-0.39, 0.29) is 22.7 Å². The van der Waals surface area contributed by atoms with Crippen molar-refractivity contribution in [1.82, 2.24) is 0 Å². The van der Waals surface area contributed by atoms with Gasteiger partial charge in [0, 0.05) is 17.8 Å². The standard InChI is InChI=1S/C28H46O3/c1-17(2)18(3)7-8-19(4)21-9-10-22-25-23(12-13-26(21,22)5)27(6)14-11-20(30)15-28(27,31)24(25)16-29/h16-17,19-25,30-31H,3,7-15H2,1-2,4-6H3/t19-,20+,21-,22+,23+,24-,25+,26-,27-,28-/m1/s1. The highest BCUT2D eigenvalue weighted by molar-refractivity contribution is 5.59. The summed E-state index contributed by atoms with van der Waals surface area (Å²) in [6.07, 6.45) is 9.70. The summed E-state index contributed by atoms with van der Waals surface area (Å²) in [5.41, 5.74) is 0.360. The lowest BCUT2D eigenvalue weighted by molar-refractivity contribution is -0.156. The lowest BCUT2D eigenvalue weighted by atomic mass is 9.53. The minimum absolute atomic E-state index is 0.234. The van der Waals surface area contributed by atoms with Gasteiger partial charge in [0.2, 0.25) is 0 Å². The molecule has 3 heteroatoms. The zero-order valence-corrected chi connectivity index (χ0v) is 20.6. The first-order chi connectivity index (χ1) is 14.5. The monoisotopic (exact) mass is 430 g/mol. The summed E-state index contributed by atoms with van der Waals surface area (Å²) in [5, 5.41) is 22.3. The van der Waals surface area contributed by atoms with Crippen LogP contribution in [0.1, 0.15) is 92.4 Å². The molecule has 4 aliphatic rings. The number of carbonyl (C=O) groups excluding carboxylic acids is 1. The minimum Gasteiger partial charge on any atom is -0.393 e. The maximum atomic E-state index is 12.5. The summed E-state index contributed by atoms with van der Waals surface area (Å²) in [5.74, 6) is 2.80. The van der Waals surface area contributed by atoms with Crippen LogP contribution in [0.25, 0.3) is 0 Å². The summed E-state index contributed by atoms with van der Waals surface area (Å²) >= 11 is 0. The molecule has 0 radical (unpaired) electrons. The van der Waals surface area contributed by atoms with Gasteiger partial charge >= 0.3 is 0 Å². The number of carbonyl (C=O) groups is 1. The average molecular weight is 431 g/mol. The van der Waals surface area contributed by atoms with Crippen molar-refractivity contribution in [3.05, 3.63) is 12.2 Å². The van der Waals surface area contributed by atoms with Crippen LogP contribution in [0.4, 0.5) is 0 Å². The fraction of sp³-hybridized carbons (Fsp3) is 0.893. The molecule has 31 heavy (non-hydrogen) atoms. The molecule has 4 fully saturated rings. The zero-order valence-electron chi connectivity index (χ0n) is 20.6. The van der Waals surface area contributed by atoms with Crippen molar-refractivity contribution in [2.45, 2.75) is 104 Å². The average Bonchev–Trinajstić information content (AvgIpc) is 3.15. The van der Waals surface area contributed by atoms with Gasteiger partial charge in [0.05, 0.1) is 11.7 Å². The summed E-state index contributed by atoms with van der Waals surface area (Å²) in [6, 6.07) is 0. The molecule has 0 heterocycles. The molecule has 2 N–H and O–H groups in total. The Hall–Kier alpha value is -0.670. The van der Waals surface area contributed by atoms with Gasteiger partial charge in [-0.05, 0) is 92.3 Å². The van der Waals surface area contributed by atoms with Gasteiger partial charge in [-0.1, -0.05) is 46.8 Å². The van der Waals surface area contributed by atoms with Crippen molar-refractivity contribution < 1.29 is 15.0 Å². The molecule has 0 bridgehead atoms. The first-order valence-electron chi connectivity index (χ1n) is 13.0. The molecule has 3 nitrogen and oxygen atoms in total. The zero-order chi connectivity index (χ0) is 22.8. The molecule has 0 unspecified atom stereocenters. The van der Waals surface area contributed by atoms with Crippen LogP contribution in [0.3, 0.4) is 0 Å². The molecule has 176 valence electrons. The highest BCUT2D eigenvalue weighted by Crippen LogP contribution is 2.72. The third-order valence-electron chi connectivity index (χ3n) is 11.3. The Morgan fingerprint density at radius 2 is 1.81 bits per heavy atom. The Kier molecular flexibility index (Phi) is 6.04. The number of allylic oxidation sites excluding steroid dienone is 1. The molecule has 0 aliphatic heterocycles. The van der Waals surface area contributed by atoms with Crippen LogP contribution in [0, 0.1) is 52.3 Å². The maximum Gasteiger partial charge on any atom is 0.126 e. The molecule has 0 aromatic rings. The van der Waals surface area contributed by atoms with Gasteiger partial charge in [-0.2, -0.15) is 0 Å². The third-order valence-corrected chi connectivity index (χ3v) is 11.3. The van der Waals surface area contributed by atoms with E-state index < -0.39 is 11.7 Å². The quantitative estimate of drug-likeness (QED) is 0.414. The fourth-order valence-corrected chi connectivity index (χ4v) is 9.24. The van der Waals surface area contributed by atoms with Crippen molar-refractivity contribution in [3.8, 4) is 0 Å². The number of aliphatic hydroxyl groups is 2. The fourth-order valence-electron chi connectivity index (χ4n) is 9.24. The van der Waals surface area contributed by atoms with Gasteiger partial charge in [-0.25, -0.2) is 0 Å². The van der Waals surface area contributed by atoms with E-state index in [1.165, 1.54) is 31.3 Å². The number of aliphatic hydroxyl groups excluding tert-OH is 1. The SMILES string of the molecule is C=C(CC[C@@H](C)[C@H]1CC[C@H]2[C@@H]3[C@@H](C=O)[C@]4(O)C[C@@H](O)CC[C@]4(C)[C@H]3CC[C@]12C)C(C)C. The predicted octanol–water partition coefficient (Wildman–Crippen LogP) is 5.78. The van der Waals surface area contributed by atoms with Crippen LogP contribution in [-0.4, -0.2) is 28.2 Å². The van der Waals surface area contributed by atoms with Crippen LogP contribution >= 0.6 is 0 Å². The molecule has 4 rings (SSSR count). The van der Waals surface area contributed by atoms with Crippen molar-refractivity contribution in [2.24, 2.45) is 52.3 Å². The number of fused-ring (bicyclic) bond motifs is 5. The highest BCUT2D eigenvalue weighted by Gasteiger charge is 2.72. The van der Waals surface area contributed by atoms with Gasteiger partial charge in [0.15, 0.2) is 0 Å². The first-order valence-corrected chi connectivity index (χ1v) is 13.0. The van der Waals surface area contributed by atoms with Crippen LogP contribution in [0.5, 0.6) is 0 Å². The van der Waals surface area contributed by atoms with Gasteiger partial charge < -0.3 is 15.0 Å². The lowest BCUT2D eigenvalue weighted by Gasteiger charge is -2.52. The van der Waals surface area contributed by atoms with E-state index in [2.05, 4.69) is 41.2 Å². The number of hydrogen-bond donors (Lipinski definition) is 2. The number of hydrogen-bond acceptors (Lipinski definition) is 3. The normalized spacial score (nSPS) is 49.9. The van der Waals surface area contributed by atoms with E-state index in [0.717, 1.165) is 32.0 Å². The third kappa shape index (κ3) is 3.31. The second-order valence-electron chi connectivity index (χ2n) is 12.7. The van der Waals surface area contributed by atoms with Crippen molar-refractivity contribution in [3.63, 3.8) is 0 Å². The van der Waals surface area contributed by atoms with Crippen molar-refractivity contribution in [1.29, 1.82) is 0 Å². The summed E-state index contributed by atoms with van der Waals surface area (Å²) in [4.78, 5) is 12.5. The topological polar surface area (TPSA) is 57.5 Å².